The first kappa shape index (κ1) is 14.3. The lowest BCUT2D eigenvalue weighted by Gasteiger charge is -2.15. The molecule has 0 saturated carbocycles. The fourth-order valence-electron chi connectivity index (χ4n) is 2.55. The fraction of sp³-hybridized carbons (Fsp3) is 0.467. The lowest BCUT2D eigenvalue weighted by Crippen LogP contribution is -2.36. The second kappa shape index (κ2) is 6.39. The van der Waals surface area contributed by atoms with Crippen LogP contribution in [0.2, 0.25) is 0 Å². The Labute approximate surface area is 128 Å². The van der Waals surface area contributed by atoms with Crippen LogP contribution in [0.25, 0.3) is 0 Å². The highest BCUT2D eigenvalue weighted by molar-refractivity contribution is 8.13. The van der Waals surface area contributed by atoms with Gasteiger partial charge >= 0.3 is 0 Å². The topological polar surface area (TPSA) is 58.6 Å². The van der Waals surface area contributed by atoms with Gasteiger partial charge in [0.2, 0.25) is 5.91 Å². The smallest absolute Gasteiger partial charge is 0.281 e. The van der Waals surface area contributed by atoms with E-state index >= 15 is 0 Å². The number of fused-ring (bicyclic) bond motifs is 1. The van der Waals surface area contributed by atoms with Crippen molar-refractivity contribution in [2.75, 3.05) is 25.4 Å². The maximum atomic E-state index is 11.8. The first-order chi connectivity index (χ1) is 10.2. The van der Waals surface area contributed by atoms with Crippen LogP contribution in [0.3, 0.4) is 0 Å². The Morgan fingerprint density at radius 2 is 2.29 bits per heavy atom. The Balaban J connectivity index is 1.38. The van der Waals surface area contributed by atoms with E-state index in [9.17, 15) is 9.59 Å². The highest BCUT2D eigenvalue weighted by Crippen LogP contribution is 2.27. The summed E-state index contributed by atoms with van der Waals surface area (Å²) in [6.07, 6.45) is 1.19. The van der Waals surface area contributed by atoms with Crippen LogP contribution in [0, 0.1) is 0 Å². The van der Waals surface area contributed by atoms with E-state index in [1.54, 1.807) is 4.90 Å². The predicted octanol–water partition coefficient (Wildman–Crippen LogP) is 1.67. The number of hydrogen-bond acceptors (Lipinski definition) is 4. The van der Waals surface area contributed by atoms with Crippen molar-refractivity contribution in [3.8, 4) is 5.75 Å². The number of nitrogens with one attached hydrogen (secondary N) is 1. The molecule has 0 aliphatic carbocycles. The average molecular weight is 306 g/mol. The van der Waals surface area contributed by atoms with Gasteiger partial charge in [-0.15, -0.1) is 0 Å². The Kier molecular flexibility index (Phi) is 4.34. The Bertz CT molecular complexity index is 524. The molecule has 1 aromatic rings. The summed E-state index contributed by atoms with van der Waals surface area (Å²) in [5.41, 5.74) is 1.19. The Hall–Kier alpha value is -1.69. The second-order valence-corrected chi connectivity index (χ2v) is 6.25. The van der Waals surface area contributed by atoms with E-state index in [1.165, 1.54) is 17.3 Å². The number of rotatable bonds is 5. The van der Waals surface area contributed by atoms with Crippen LogP contribution >= 0.6 is 11.8 Å². The van der Waals surface area contributed by atoms with Gasteiger partial charge in [-0.1, -0.05) is 30.0 Å². The highest BCUT2D eigenvalue weighted by Gasteiger charge is 2.24. The van der Waals surface area contributed by atoms with Crippen molar-refractivity contribution in [2.45, 2.75) is 18.9 Å². The van der Waals surface area contributed by atoms with Crippen molar-refractivity contribution in [1.82, 2.24) is 10.2 Å². The molecular weight excluding hydrogens is 288 g/mol. The average Bonchev–Trinajstić information content (AvgIpc) is 3.08. The molecule has 1 fully saturated rings. The molecule has 6 heteroatoms. The summed E-state index contributed by atoms with van der Waals surface area (Å²) in [5, 5.41) is 2.97. The number of benzene rings is 1. The van der Waals surface area contributed by atoms with Crippen LogP contribution in [0.4, 0.5) is 4.79 Å². The van der Waals surface area contributed by atoms with Crippen LogP contribution < -0.4 is 10.1 Å². The quantitative estimate of drug-likeness (QED) is 0.899. The molecule has 0 unspecified atom stereocenters. The van der Waals surface area contributed by atoms with E-state index in [1.807, 2.05) is 24.3 Å². The predicted molar refractivity (Wildman–Crippen MR) is 81.6 cm³/mol. The van der Waals surface area contributed by atoms with Gasteiger partial charge in [-0.3, -0.25) is 9.59 Å². The zero-order chi connectivity index (χ0) is 14.7. The summed E-state index contributed by atoms with van der Waals surface area (Å²) in [4.78, 5) is 25.0. The highest BCUT2D eigenvalue weighted by atomic mass is 32.2. The van der Waals surface area contributed by atoms with Crippen molar-refractivity contribution in [3.05, 3.63) is 29.8 Å². The van der Waals surface area contributed by atoms with E-state index in [0.29, 0.717) is 19.5 Å². The zero-order valence-corrected chi connectivity index (χ0v) is 12.5. The van der Waals surface area contributed by atoms with E-state index in [-0.39, 0.29) is 17.3 Å². The maximum absolute atomic E-state index is 11.8. The lowest BCUT2D eigenvalue weighted by atomic mass is 10.1. The van der Waals surface area contributed by atoms with E-state index in [2.05, 4.69) is 5.32 Å². The van der Waals surface area contributed by atoms with E-state index < -0.39 is 0 Å². The van der Waals surface area contributed by atoms with Crippen molar-refractivity contribution < 1.29 is 14.3 Å². The van der Waals surface area contributed by atoms with Gasteiger partial charge in [-0.2, -0.15) is 0 Å². The molecule has 0 spiro atoms. The van der Waals surface area contributed by atoms with Crippen molar-refractivity contribution >= 4 is 22.9 Å². The number of thioether (sulfide) groups is 1. The second-order valence-electron chi connectivity index (χ2n) is 5.21. The number of ether oxygens (including phenoxy) is 1. The van der Waals surface area contributed by atoms with Crippen LogP contribution in [-0.2, 0) is 11.2 Å². The molecule has 2 amide bonds. The fourth-order valence-corrected chi connectivity index (χ4v) is 3.40. The maximum Gasteiger partial charge on any atom is 0.281 e. The van der Waals surface area contributed by atoms with E-state index in [4.69, 9.17) is 4.74 Å². The number of amides is 2. The van der Waals surface area contributed by atoms with Crippen molar-refractivity contribution in [2.24, 2.45) is 0 Å². The molecule has 5 nitrogen and oxygen atoms in total. The molecule has 3 rings (SSSR count). The summed E-state index contributed by atoms with van der Waals surface area (Å²) < 4.78 is 5.77. The van der Waals surface area contributed by atoms with Crippen LogP contribution in [0.1, 0.15) is 12.0 Å². The largest absolute Gasteiger partial charge is 0.488 e. The molecule has 0 bridgehead atoms. The number of carbonyl (C=O) groups excluding carboxylic acids is 2. The number of nitrogens with zero attached hydrogens (tertiary/aromatic N) is 1. The normalized spacial score (nSPS) is 20.3. The molecule has 1 N–H and O–H groups in total. The third-order valence-electron chi connectivity index (χ3n) is 3.69. The standard InChI is InChI=1S/C15H18N2O3S/c18-14(5-6-17-7-8-21-15(17)19)16-10-12-9-11-3-1-2-4-13(11)20-12/h1-4,12H,5-10H2,(H,16,18)/t12-/m0/s1. The lowest BCUT2D eigenvalue weighted by molar-refractivity contribution is -0.121. The van der Waals surface area contributed by atoms with Crippen molar-refractivity contribution in [1.29, 1.82) is 0 Å². The van der Waals surface area contributed by atoms with Gasteiger partial charge in [0.25, 0.3) is 5.24 Å². The molecule has 112 valence electrons. The van der Waals surface area contributed by atoms with Gasteiger partial charge in [-0.05, 0) is 11.6 Å². The van der Waals surface area contributed by atoms with Gasteiger partial charge in [0.1, 0.15) is 11.9 Å². The first-order valence-electron chi connectivity index (χ1n) is 7.15. The third kappa shape index (κ3) is 3.50. The number of carbonyl (C=O) groups is 2. The molecule has 1 aromatic carbocycles. The number of para-hydroxylation sites is 1. The minimum atomic E-state index is -0.0285. The van der Waals surface area contributed by atoms with Crippen LogP contribution in [0.15, 0.2) is 24.3 Å². The van der Waals surface area contributed by atoms with Crippen molar-refractivity contribution in [3.63, 3.8) is 0 Å². The van der Waals surface area contributed by atoms with E-state index in [0.717, 1.165) is 24.5 Å². The van der Waals surface area contributed by atoms with Gasteiger partial charge in [-0.25, -0.2) is 0 Å². The SMILES string of the molecule is O=C(CCN1CCSC1=O)NC[C@@H]1Cc2ccccc2O1. The van der Waals surface area contributed by atoms with Crippen LogP contribution in [-0.4, -0.2) is 47.5 Å². The summed E-state index contributed by atoms with van der Waals surface area (Å²) in [5.74, 6) is 1.71. The summed E-state index contributed by atoms with van der Waals surface area (Å²) in [6.45, 7) is 1.76. The minimum absolute atomic E-state index is 0.00956. The molecular formula is C15H18N2O3S. The zero-order valence-electron chi connectivity index (χ0n) is 11.7. The number of hydrogen-bond donors (Lipinski definition) is 1. The third-order valence-corrected chi connectivity index (χ3v) is 4.59. The monoisotopic (exact) mass is 306 g/mol. The van der Waals surface area contributed by atoms with Gasteiger partial charge < -0.3 is 15.0 Å². The van der Waals surface area contributed by atoms with Gasteiger partial charge in [0, 0.05) is 31.7 Å². The minimum Gasteiger partial charge on any atom is -0.488 e. The first-order valence-corrected chi connectivity index (χ1v) is 8.14. The molecule has 1 saturated heterocycles. The summed E-state index contributed by atoms with van der Waals surface area (Å²) in [7, 11) is 0. The summed E-state index contributed by atoms with van der Waals surface area (Å²) in [6, 6.07) is 7.95. The van der Waals surface area contributed by atoms with Gasteiger partial charge in [0.05, 0.1) is 6.54 Å². The Morgan fingerprint density at radius 3 is 3.05 bits per heavy atom. The molecule has 21 heavy (non-hydrogen) atoms. The van der Waals surface area contributed by atoms with Crippen LogP contribution in [0.5, 0.6) is 5.75 Å². The molecule has 2 aliphatic rings. The molecule has 0 aromatic heterocycles. The Morgan fingerprint density at radius 1 is 1.43 bits per heavy atom. The summed E-state index contributed by atoms with van der Waals surface area (Å²) >= 11 is 1.32. The molecule has 2 aliphatic heterocycles. The molecule has 0 radical (unpaired) electrons. The molecule has 1 atom stereocenters. The molecule has 2 heterocycles. The van der Waals surface area contributed by atoms with Gasteiger partial charge in [0.15, 0.2) is 0 Å².